The lowest BCUT2D eigenvalue weighted by molar-refractivity contribution is -0.0582. The predicted molar refractivity (Wildman–Crippen MR) is 122 cm³/mol. The lowest BCUT2D eigenvalue weighted by Crippen LogP contribution is -2.30. The summed E-state index contributed by atoms with van der Waals surface area (Å²) in [5.41, 5.74) is 1.40. The molecule has 1 N–H and O–H groups in total. The molecule has 1 amide bonds. The monoisotopic (exact) mass is 507 g/mol. The van der Waals surface area contributed by atoms with Crippen molar-refractivity contribution in [3.05, 3.63) is 42.2 Å². The van der Waals surface area contributed by atoms with Crippen molar-refractivity contribution in [1.29, 1.82) is 0 Å². The van der Waals surface area contributed by atoms with E-state index in [1.165, 1.54) is 13.2 Å². The number of amides is 1. The highest BCUT2D eigenvalue weighted by molar-refractivity contribution is 6.01. The van der Waals surface area contributed by atoms with Gasteiger partial charge >= 0.3 is 6.61 Å². The van der Waals surface area contributed by atoms with Gasteiger partial charge in [0, 0.05) is 36.7 Å². The van der Waals surface area contributed by atoms with Gasteiger partial charge in [0.05, 0.1) is 25.1 Å². The summed E-state index contributed by atoms with van der Waals surface area (Å²) in [4.78, 5) is 17.1. The molecule has 1 aromatic carbocycles. The number of fused-ring (bicyclic) bond motifs is 1. The van der Waals surface area contributed by atoms with Gasteiger partial charge in [-0.3, -0.25) is 9.20 Å². The van der Waals surface area contributed by atoms with Crippen LogP contribution in [0.5, 0.6) is 17.2 Å². The largest absolute Gasteiger partial charge is 0.496 e. The van der Waals surface area contributed by atoms with Gasteiger partial charge in [-0.15, -0.1) is 0 Å². The summed E-state index contributed by atoms with van der Waals surface area (Å²) in [6.07, 6.45) is 4.74. The summed E-state index contributed by atoms with van der Waals surface area (Å²) in [6.45, 7) is -3.14. The molecule has 7 nitrogen and oxygen atoms in total. The Morgan fingerprint density at radius 1 is 1.14 bits per heavy atom. The Labute approximate surface area is 204 Å². The molecule has 0 atom stereocenters. The van der Waals surface area contributed by atoms with Crippen LogP contribution in [0, 0.1) is 0 Å². The zero-order valence-corrected chi connectivity index (χ0v) is 19.5. The lowest BCUT2D eigenvalue weighted by atomic mass is 9.94. The Balaban J connectivity index is 1.44. The van der Waals surface area contributed by atoms with Gasteiger partial charge in [0.25, 0.3) is 5.91 Å². The average Bonchev–Trinajstić information content (AvgIpc) is 3.54. The summed E-state index contributed by atoms with van der Waals surface area (Å²) >= 11 is 0. The molecule has 0 unspecified atom stereocenters. The molecule has 0 saturated heterocycles. The molecule has 2 aromatic heterocycles. The van der Waals surface area contributed by atoms with Crippen molar-refractivity contribution < 1.29 is 36.6 Å². The molecule has 192 valence electrons. The quantitative estimate of drug-likeness (QED) is 0.410. The topological polar surface area (TPSA) is 74.1 Å². The number of rotatable bonds is 8. The van der Waals surface area contributed by atoms with Crippen LogP contribution >= 0.6 is 0 Å². The normalized spacial score (nSPS) is 17.8. The minimum absolute atomic E-state index is 0.0153. The molecule has 0 radical (unpaired) electrons. The summed E-state index contributed by atoms with van der Waals surface area (Å²) in [6, 6.07) is 6.31. The first kappa shape index (κ1) is 24.2. The molecule has 2 heterocycles. The number of alkyl halides is 4. The second kappa shape index (κ2) is 9.51. The number of halogens is 4. The summed E-state index contributed by atoms with van der Waals surface area (Å²) in [7, 11) is 1.35. The summed E-state index contributed by atoms with van der Waals surface area (Å²) < 4.78 is 70.9. The number of hydrogen-bond donors (Lipinski definition) is 1. The molecule has 11 heteroatoms. The van der Waals surface area contributed by atoms with Crippen LogP contribution in [0.1, 0.15) is 48.9 Å². The minimum atomic E-state index is -3.14. The highest BCUT2D eigenvalue weighted by atomic mass is 19.3. The minimum Gasteiger partial charge on any atom is -0.496 e. The third kappa shape index (κ3) is 5.19. The fraction of sp³-hybridized carbons (Fsp3) is 0.440. The highest BCUT2D eigenvalue weighted by Crippen LogP contribution is 2.38. The number of carbonyl (C=O) groups excluding carboxylic acids is 1. The summed E-state index contributed by atoms with van der Waals surface area (Å²) in [5, 5.41) is 2.77. The molecule has 0 aliphatic heterocycles. The van der Waals surface area contributed by atoms with E-state index in [2.05, 4.69) is 10.3 Å². The summed E-state index contributed by atoms with van der Waals surface area (Å²) in [5.74, 6) is -2.89. The van der Waals surface area contributed by atoms with Crippen LogP contribution in [-0.4, -0.2) is 47.1 Å². The van der Waals surface area contributed by atoms with Gasteiger partial charge in [-0.25, -0.2) is 13.8 Å². The number of hydrogen-bond acceptors (Lipinski definition) is 5. The van der Waals surface area contributed by atoms with Crippen molar-refractivity contribution >= 4 is 11.6 Å². The van der Waals surface area contributed by atoms with Crippen molar-refractivity contribution in [2.24, 2.45) is 0 Å². The molecule has 2 aliphatic rings. The zero-order chi connectivity index (χ0) is 25.4. The number of nitrogens with one attached hydrogen (secondary N) is 1. The zero-order valence-electron chi connectivity index (χ0n) is 19.5. The average molecular weight is 507 g/mol. The lowest BCUT2D eigenvalue weighted by Gasteiger charge is -2.28. The van der Waals surface area contributed by atoms with Crippen molar-refractivity contribution in [1.82, 2.24) is 14.7 Å². The first-order valence-corrected chi connectivity index (χ1v) is 11.7. The SMILES string of the molecule is COc1cc(-c2cnc3cc(OC4CCC(F)(F)CC4)ccn23)cc(OC(F)F)c1C(=O)NC1CC1. The first-order valence-electron chi connectivity index (χ1n) is 11.7. The van der Waals surface area contributed by atoms with E-state index in [0.29, 0.717) is 22.7 Å². The smallest absolute Gasteiger partial charge is 0.387 e. The molecule has 2 saturated carbocycles. The number of methoxy groups -OCH3 is 1. The third-order valence-corrected chi connectivity index (χ3v) is 6.39. The van der Waals surface area contributed by atoms with Gasteiger partial charge in [0.15, 0.2) is 0 Å². The van der Waals surface area contributed by atoms with Gasteiger partial charge in [-0.1, -0.05) is 0 Å². The van der Waals surface area contributed by atoms with Gasteiger partial charge in [-0.05, 0) is 43.9 Å². The van der Waals surface area contributed by atoms with Crippen LogP contribution in [0.4, 0.5) is 17.6 Å². The highest BCUT2D eigenvalue weighted by Gasteiger charge is 2.36. The maximum absolute atomic E-state index is 13.4. The molecule has 36 heavy (non-hydrogen) atoms. The van der Waals surface area contributed by atoms with Crippen molar-refractivity contribution in [2.45, 2.75) is 63.2 Å². The molecule has 0 bridgehead atoms. The Kier molecular flexibility index (Phi) is 6.40. The standard InChI is InChI=1S/C25H25F4N3O4/c1-34-19-10-14(11-20(36-24(26)27)22(19)23(33)31-15-2-3-15)18-13-30-21-12-17(6-9-32(18)21)35-16-4-7-25(28,29)8-5-16/h6,9-13,15-16,24H,2-5,7-8H2,1H3,(H,31,33). The Hall–Kier alpha value is -3.50. The van der Waals surface area contributed by atoms with E-state index in [9.17, 15) is 22.4 Å². The van der Waals surface area contributed by atoms with E-state index in [1.807, 2.05) is 0 Å². The molecule has 5 rings (SSSR count). The number of nitrogens with zero attached hydrogens (tertiary/aromatic N) is 2. The Morgan fingerprint density at radius 3 is 2.53 bits per heavy atom. The van der Waals surface area contributed by atoms with E-state index < -0.39 is 18.4 Å². The fourth-order valence-corrected chi connectivity index (χ4v) is 4.37. The maximum Gasteiger partial charge on any atom is 0.387 e. The van der Waals surface area contributed by atoms with Crippen molar-refractivity contribution in [3.8, 4) is 28.5 Å². The molecule has 3 aromatic rings. The maximum atomic E-state index is 13.4. The van der Waals surface area contributed by atoms with Crippen LogP contribution in [0.15, 0.2) is 36.7 Å². The molecular weight excluding hydrogens is 482 g/mol. The van der Waals surface area contributed by atoms with Gasteiger partial charge in [0.2, 0.25) is 5.92 Å². The number of aromatic nitrogens is 2. The van der Waals surface area contributed by atoms with Crippen LogP contribution < -0.4 is 19.5 Å². The van der Waals surface area contributed by atoms with Crippen LogP contribution in [0.3, 0.4) is 0 Å². The van der Waals surface area contributed by atoms with E-state index in [1.54, 1.807) is 35.0 Å². The van der Waals surface area contributed by atoms with Crippen LogP contribution in [0.25, 0.3) is 16.9 Å². The number of benzene rings is 1. The molecule has 2 aliphatic carbocycles. The van der Waals surface area contributed by atoms with Crippen LogP contribution in [-0.2, 0) is 0 Å². The van der Waals surface area contributed by atoms with E-state index >= 15 is 0 Å². The second-order valence-electron chi connectivity index (χ2n) is 9.09. The van der Waals surface area contributed by atoms with E-state index in [0.717, 1.165) is 12.8 Å². The first-order chi connectivity index (χ1) is 17.2. The predicted octanol–water partition coefficient (Wildman–Crippen LogP) is 5.46. The van der Waals surface area contributed by atoms with E-state index in [-0.39, 0.29) is 54.9 Å². The second-order valence-corrected chi connectivity index (χ2v) is 9.09. The van der Waals surface area contributed by atoms with Gasteiger partial charge in [-0.2, -0.15) is 8.78 Å². The van der Waals surface area contributed by atoms with Crippen molar-refractivity contribution in [3.63, 3.8) is 0 Å². The Bertz CT molecular complexity index is 1270. The fourth-order valence-electron chi connectivity index (χ4n) is 4.37. The Morgan fingerprint density at radius 2 is 1.86 bits per heavy atom. The van der Waals surface area contributed by atoms with E-state index in [4.69, 9.17) is 14.2 Å². The number of pyridine rings is 1. The number of carbonyl (C=O) groups is 1. The molecule has 0 spiro atoms. The number of ether oxygens (including phenoxy) is 3. The van der Waals surface area contributed by atoms with Gasteiger partial charge < -0.3 is 19.5 Å². The third-order valence-electron chi connectivity index (χ3n) is 6.39. The number of imidazole rings is 1. The van der Waals surface area contributed by atoms with Crippen molar-refractivity contribution in [2.75, 3.05) is 7.11 Å². The van der Waals surface area contributed by atoms with Crippen LogP contribution in [0.2, 0.25) is 0 Å². The molecule has 2 fully saturated rings. The molecular formula is C25H25F4N3O4. The van der Waals surface area contributed by atoms with Gasteiger partial charge in [0.1, 0.15) is 28.5 Å².